The molecule has 0 N–H and O–H groups in total. The normalized spacial score (nSPS) is 11.4. The lowest BCUT2D eigenvalue weighted by Gasteiger charge is -2.20. The summed E-state index contributed by atoms with van der Waals surface area (Å²) in [7, 11) is 0. The van der Waals surface area contributed by atoms with E-state index in [-0.39, 0.29) is 0 Å². The molecule has 0 aliphatic rings. The van der Waals surface area contributed by atoms with Crippen LogP contribution in [0.3, 0.4) is 0 Å². The van der Waals surface area contributed by atoms with Gasteiger partial charge in [-0.3, -0.25) is 0 Å². The Balaban J connectivity index is 1.15. The Kier molecular flexibility index (Phi) is 8.15. The summed E-state index contributed by atoms with van der Waals surface area (Å²) in [5.41, 5.74) is 9.90. The molecule has 10 aromatic carbocycles. The highest BCUT2D eigenvalue weighted by Gasteiger charge is 2.21. The molecule has 0 fully saturated rings. The first-order valence-electron chi connectivity index (χ1n) is 19.7. The zero-order valence-corrected chi connectivity index (χ0v) is 31.5. The molecule has 270 valence electrons. The van der Waals surface area contributed by atoms with Crippen molar-refractivity contribution in [2.45, 2.75) is 0 Å². The highest BCUT2D eigenvalue weighted by Crippen LogP contribution is 2.46. The second-order valence-corrected chi connectivity index (χ2v) is 14.7. The first kappa shape index (κ1) is 33.6. The minimum atomic E-state index is 0.635. The molecule has 1 aromatic heterocycles. The van der Waals surface area contributed by atoms with E-state index in [2.05, 4.69) is 188 Å². The second kappa shape index (κ2) is 14.1. The van der Waals surface area contributed by atoms with Crippen molar-refractivity contribution in [3.8, 4) is 67.5 Å². The molecule has 0 saturated carbocycles. The van der Waals surface area contributed by atoms with E-state index < -0.39 is 0 Å². The van der Waals surface area contributed by atoms with E-state index in [0.717, 1.165) is 38.6 Å². The summed E-state index contributed by atoms with van der Waals surface area (Å²) >= 11 is 0. The average molecular weight is 738 g/mol. The van der Waals surface area contributed by atoms with Crippen molar-refractivity contribution in [2.24, 2.45) is 0 Å². The van der Waals surface area contributed by atoms with Gasteiger partial charge in [0.25, 0.3) is 0 Å². The predicted octanol–water partition coefficient (Wildman–Crippen LogP) is 14.5. The van der Waals surface area contributed by atoms with Crippen molar-refractivity contribution in [3.63, 3.8) is 0 Å². The van der Waals surface area contributed by atoms with Crippen LogP contribution in [0.25, 0.3) is 111 Å². The first-order chi connectivity index (χ1) is 28.8. The quantitative estimate of drug-likeness (QED) is 0.160. The molecule has 0 aliphatic heterocycles. The fourth-order valence-electron chi connectivity index (χ4n) is 8.67. The Morgan fingerprint density at radius 3 is 1.33 bits per heavy atom. The van der Waals surface area contributed by atoms with Crippen LogP contribution in [0.15, 0.2) is 212 Å². The van der Waals surface area contributed by atoms with E-state index in [1.807, 2.05) is 24.3 Å². The van der Waals surface area contributed by atoms with Crippen molar-refractivity contribution >= 4 is 43.1 Å². The average Bonchev–Trinajstić information content (AvgIpc) is 3.31. The van der Waals surface area contributed by atoms with Gasteiger partial charge in [0.05, 0.1) is 0 Å². The van der Waals surface area contributed by atoms with Crippen molar-refractivity contribution in [1.29, 1.82) is 0 Å². The molecule has 0 unspecified atom stereocenters. The summed E-state index contributed by atoms with van der Waals surface area (Å²) in [4.78, 5) is 15.6. The van der Waals surface area contributed by atoms with Gasteiger partial charge in [0.2, 0.25) is 0 Å². The molecule has 0 aliphatic carbocycles. The maximum Gasteiger partial charge on any atom is 0.164 e. The maximum atomic E-state index is 5.28. The molecule has 3 heteroatoms. The largest absolute Gasteiger partial charge is 0.208 e. The van der Waals surface area contributed by atoms with Crippen LogP contribution in [0.2, 0.25) is 0 Å². The first-order valence-corrected chi connectivity index (χ1v) is 19.7. The Hall–Kier alpha value is -7.75. The predicted molar refractivity (Wildman–Crippen MR) is 242 cm³/mol. The van der Waals surface area contributed by atoms with Crippen LogP contribution in [-0.2, 0) is 0 Å². The minimum absolute atomic E-state index is 0.635. The Labute approximate surface area is 336 Å². The lowest BCUT2D eigenvalue weighted by atomic mass is 9.84. The molecule has 0 radical (unpaired) electrons. The van der Waals surface area contributed by atoms with E-state index in [4.69, 9.17) is 15.0 Å². The summed E-state index contributed by atoms with van der Waals surface area (Å²) in [5.74, 6) is 1.91. The number of hydrogen-bond donors (Lipinski definition) is 0. The monoisotopic (exact) mass is 737 g/mol. The van der Waals surface area contributed by atoms with Crippen LogP contribution in [0, 0.1) is 0 Å². The Morgan fingerprint density at radius 2 is 0.672 bits per heavy atom. The number of benzene rings is 10. The number of rotatable bonds is 6. The number of fused-ring (bicyclic) bond motifs is 4. The Bertz CT molecular complexity index is 3280. The van der Waals surface area contributed by atoms with E-state index in [0.29, 0.717) is 17.5 Å². The van der Waals surface area contributed by atoms with Crippen LogP contribution in [0.4, 0.5) is 0 Å². The van der Waals surface area contributed by atoms with Crippen LogP contribution in [-0.4, -0.2) is 15.0 Å². The Morgan fingerprint density at radius 1 is 0.224 bits per heavy atom. The molecule has 3 nitrogen and oxygen atoms in total. The van der Waals surface area contributed by atoms with Gasteiger partial charge in [-0.2, -0.15) is 0 Å². The molecular formula is C55H35N3. The van der Waals surface area contributed by atoms with Gasteiger partial charge in [-0.05, 0) is 88.6 Å². The maximum absolute atomic E-state index is 5.28. The third kappa shape index (κ3) is 5.72. The van der Waals surface area contributed by atoms with Gasteiger partial charge in [-0.1, -0.05) is 200 Å². The van der Waals surface area contributed by atoms with E-state index in [1.54, 1.807) is 0 Å². The van der Waals surface area contributed by atoms with Gasteiger partial charge >= 0.3 is 0 Å². The van der Waals surface area contributed by atoms with Crippen LogP contribution < -0.4 is 0 Å². The van der Waals surface area contributed by atoms with Gasteiger partial charge in [-0.15, -0.1) is 0 Å². The standard InChI is InChI=1S/C55H35N3/c1-3-18-37(19-4-1)41-23-9-16-30-49(41)54-56-53(38-20-5-2-6-21-38)57-55(58-54)50-34-33-48(42-24-10-11-25-43(42)50)52-46-28-14-12-26-44(46)51(45-27-13-15-29-47(45)52)40-32-31-36-17-7-8-22-39(36)35-40/h1-35H. The summed E-state index contributed by atoms with van der Waals surface area (Å²) < 4.78 is 0. The second-order valence-electron chi connectivity index (χ2n) is 14.7. The van der Waals surface area contributed by atoms with Crippen LogP contribution in [0.1, 0.15) is 0 Å². The van der Waals surface area contributed by atoms with Crippen molar-refractivity contribution in [3.05, 3.63) is 212 Å². The summed E-state index contributed by atoms with van der Waals surface area (Å²) in [6, 6.07) is 75.3. The molecule has 0 bridgehead atoms. The van der Waals surface area contributed by atoms with Crippen LogP contribution in [0.5, 0.6) is 0 Å². The van der Waals surface area contributed by atoms with Gasteiger partial charge in [-0.25, -0.2) is 15.0 Å². The molecule has 11 rings (SSSR count). The van der Waals surface area contributed by atoms with Crippen molar-refractivity contribution in [1.82, 2.24) is 15.0 Å². The molecule has 58 heavy (non-hydrogen) atoms. The van der Waals surface area contributed by atoms with Crippen LogP contribution >= 0.6 is 0 Å². The lowest BCUT2D eigenvalue weighted by molar-refractivity contribution is 1.08. The third-order valence-corrected chi connectivity index (χ3v) is 11.3. The van der Waals surface area contributed by atoms with Crippen molar-refractivity contribution in [2.75, 3.05) is 0 Å². The zero-order valence-electron chi connectivity index (χ0n) is 31.5. The lowest BCUT2D eigenvalue weighted by Crippen LogP contribution is -2.01. The summed E-state index contributed by atoms with van der Waals surface area (Å²) in [5, 5.41) is 9.59. The number of aromatic nitrogens is 3. The summed E-state index contributed by atoms with van der Waals surface area (Å²) in [6.07, 6.45) is 0. The third-order valence-electron chi connectivity index (χ3n) is 11.3. The number of hydrogen-bond acceptors (Lipinski definition) is 3. The fraction of sp³-hybridized carbons (Fsp3) is 0. The highest BCUT2D eigenvalue weighted by molar-refractivity contribution is 6.24. The highest BCUT2D eigenvalue weighted by atomic mass is 15.0. The molecule has 0 atom stereocenters. The molecule has 11 aromatic rings. The smallest absolute Gasteiger partial charge is 0.164 e. The fourth-order valence-corrected chi connectivity index (χ4v) is 8.67. The van der Waals surface area contributed by atoms with Gasteiger partial charge in [0.1, 0.15) is 0 Å². The molecule has 1 heterocycles. The van der Waals surface area contributed by atoms with Crippen molar-refractivity contribution < 1.29 is 0 Å². The topological polar surface area (TPSA) is 38.7 Å². The number of nitrogens with zero attached hydrogens (tertiary/aromatic N) is 3. The van der Waals surface area contributed by atoms with E-state index in [1.165, 1.54) is 54.6 Å². The summed E-state index contributed by atoms with van der Waals surface area (Å²) in [6.45, 7) is 0. The molecule has 0 saturated heterocycles. The van der Waals surface area contributed by atoms with Gasteiger partial charge in [0, 0.05) is 16.7 Å². The zero-order chi connectivity index (χ0) is 38.4. The SMILES string of the molecule is c1ccc(-c2nc(-c3ccccc3-c3ccccc3)nc(-c3ccc(-c4c5ccccc5c(-c5ccc6ccccc6c5)c5ccccc45)c4ccccc34)n2)cc1. The molecule has 0 amide bonds. The van der Waals surface area contributed by atoms with Gasteiger partial charge < -0.3 is 0 Å². The van der Waals surface area contributed by atoms with E-state index in [9.17, 15) is 0 Å². The molecular weight excluding hydrogens is 703 g/mol. The van der Waals surface area contributed by atoms with E-state index >= 15 is 0 Å². The van der Waals surface area contributed by atoms with Gasteiger partial charge in [0.15, 0.2) is 17.5 Å². The molecule has 0 spiro atoms. The minimum Gasteiger partial charge on any atom is -0.208 e.